The third kappa shape index (κ3) is 3.68. The van der Waals surface area contributed by atoms with Crippen molar-refractivity contribution in [2.45, 2.75) is 63.7 Å². The number of amides is 1. The Labute approximate surface area is 115 Å². The second kappa shape index (κ2) is 5.04. The summed E-state index contributed by atoms with van der Waals surface area (Å²) in [4.78, 5) is 12.3. The summed E-state index contributed by atoms with van der Waals surface area (Å²) in [5.41, 5.74) is 5.96. The van der Waals surface area contributed by atoms with Crippen molar-refractivity contribution in [3.8, 4) is 0 Å². The van der Waals surface area contributed by atoms with Gasteiger partial charge in [-0.05, 0) is 40.5 Å². The summed E-state index contributed by atoms with van der Waals surface area (Å²) in [7, 11) is 0. The molecule has 0 spiro atoms. The second-order valence-electron chi connectivity index (χ2n) is 7.31. The van der Waals surface area contributed by atoms with E-state index in [-0.39, 0.29) is 35.0 Å². The van der Waals surface area contributed by atoms with Gasteiger partial charge in [-0.25, -0.2) is 0 Å². The highest BCUT2D eigenvalue weighted by Gasteiger charge is 2.40. The van der Waals surface area contributed by atoms with Crippen molar-refractivity contribution in [1.82, 2.24) is 10.6 Å². The summed E-state index contributed by atoms with van der Waals surface area (Å²) >= 11 is 0. The predicted octanol–water partition coefficient (Wildman–Crippen LogP) is 0.386. The fourth-order valence-electron chi connectivity index (χ4n) is 3.57. The highest BCUT2D eigenvalue weighted by molar-refractivity contribution is 5.80. The van der Waals surface area contributed by atoms with Crippen LogP contribution in [0.3, 0.4) is 0 Å². The number of ether oxygens (including phenoxy) is 1. The number of hydrogen-bond acceptors (Lipinski definition) is 4. The highest BCUT2D eigenvalue weighted by atomic mass is 16.5. The second-order valence-corrected chi connectivity index (χ2v) is 7.31. The Morgan fingerprint density at radius 2 is 1.79 bits per heavy atom. The number of rotatable bonds is 2. The Kier molecular flexibility index (Phi) is 3.91. The van der Waals surface area contributed by atoms with Gasteiger partial charge in [-0.2, -0.15) is 0 Å². The van der Waals surface area contributed by atoms with Gasteiger partial charge >= 0.3 is 0 Å². The van der Waals surface area contributed by atoms with E-state index in [1.807, 2.05) is 0 Å². The van der Waals surface area contributed by atoms with Crippen molar-refractivity contribution in [1.29, 1.82) is 0 Å². The van der Waals surface area contributed by atoms with Gasteiger partial charge in [0.05, 0.1) is 19.1 Å². The summed E-state index contributed by atoms with van der Waals surface area (Å²) in [6, 6.07) is 0.0364. The van der Waals surface area contributed by atoms with Gasteiger partial charge in [-0.3, -0.25) is 4.79 Å². The van der Waals surface area contributed by atoms with E-state index in [1.54, 1.807) is 0 Å². The van der Waals surface area contributed by atoms with Crippen LogP contribution in [0.2, 0.25) is 0 Å². The molecule has 0 radical (unpaired) electrons. The molecule has 0 saturated carbocycles. The lowest BCUT2D eigenvalue weighted by molar-refractivity contribution is -0.126. The van der Waals surface area contributed by atoms with E-state index in [0.717, 1.165) is 12.8 Å². The third-order valence-electron chi connectivity index (χ3n) is 4.00. The van der Waals surface area contributed by atoms with Crippen molar-refractivity contribution in [2.75, 3.05) is 13.2 Å². The third-order valence-corrected chi connectivity index (χ3v) is 4.00. The average Bonchev–Trinajstić information content (AvgIpc) is 2.58. The van der Waals surface area contributed by atoms with Crippen LogP contribution in [-0.4, -0.2) is 42.3 Å². The molecule has 110 valence electrons. The number of piperidine rings is 1. The van der Waals surface area contributed by atoms with Gasteiger partial charge in [0, 0.05) is 23.2 Å². The molecule has 5 heteroatoms. The normalized spacial score (nSPS) is 34.2. The van der Waals surface area contributed by atoms with Crippen molar-refractivity contribution >= 4 is 5.91 Å². The van der Waals surface area contributed by atoms with Gasteiger partial charge in [0.1, 0.15) is 0 Å². The first kappa shape index (κ1) is 14.8. The maximum Gasteiger partial charge on any atom is 0.227 e. The van der Waals surface area contributed by atoms with E-state index in [9.17, 15) is 4.79 Å². The molecule has 2 unspecified atom stereocenters. The standard InChI is InChI=1S/C14H27N3O2/c1-13(2)5-9(6-14(3,4)17-13)16-12(18)10-7-19-8-11(10)15/h9-11,17H,5-8,15H2,1-4H3,(H,16,18). The van der Waals surface area contributed by atoms with Crippen LogP contribution in [0, 0.1) is 5.92 Å². The molecule has 0 aromatic rings. The lowest BCUT2D eigenvalue weighted by Crippen LogP contribution is -2.62. The molecule has 2 atom stereocenters. The van der Waals surface area contributed by atoms with Gasteiger partial charge in [-0.15, -0.1) is 0 Å². The van der Waals surface area contributed by atoms with E-state index in [0.29, 0.717) is 13.2 Å². The molecule has 2 fully saturated rings. The fourth-order valence-corrected chi connectivity index (χ4v) is 3.57. The van der Waals surface area contributed by atoms with Crippen molar-refractivity contribution in [3.05, 3.63) is 0 Å². The number of carbonyl (C=O) groups excluding carboxylic acids is 1. The van der Waals surface area contributed by atoms with E-state index in [1.165, 1.54) is 0 Å². The molecule has 0 bridgehead atoms. The molecule has 1 amide bonds. The number of carbonyl (C=O) groups is 1. The van der Waals surface area contributed by atoms with Gasteiger partial charge in [0.15, 0.2) is 0 Å². The molecule has 5 nitrogen and oxygen atoms in total. The molecular formula is C14H27N3O2. The minimum Gasteiger partial charge on any atom is -0.379 e. The lowest BCUT2D eigenvalue weighted by Gasteiger charge is -2.46. The van der Waals surface area contributed by atoms with Gasteiger partial charge < -0.3 is 21.1 Å². The summed E-state index contributed by atoms with van der Waals surface area (Å²) in [6.07, 6.45) is 1.87. The molecule has 19 heavy (non-hydrogen) atoms. The lowest BCUT2D eigenvalue weighted by atomic mass is 9.79. The zero-order chi connectivity index (χ0) is 14.3. The molecule has 0 aromatic heterocycles. The topological polar surface area (TPSA) is 76.4 Å². The predicted molar refractivity (Wildman–Crippen MR) is 74.7 cm³/mol. The quantitative estimate of drug-likeness (QED) is 0.677. The minimum atomic E-state index is -0.193. The van der Waals surface area contributed by atoms with E-state index in [2.05, 4.69) is 38.3 Å². The van der Waals surface area contributed by atoms with Gasteiger partial charge in [0.2, 0.25) is 5.91 Å². The number of nitrogens with two attached hydrogens (primary N) is 1. The first-order valence-electron chi connectivity index (χ1n) is 7.12. The van der Waals surface area contributed by atoms with Crippen LogP contribution in [0.5, 0.6) is 0 Å². The van der Waals surface area contributed by atoms with Crippen LogP contribution in [0.15, 0.2) is 0 Å². The molecule has 2 saturated heterocycles. The summed E-state index contributed by atoms with van der Waals surface area (Å²) in [6.45, 7) is 9.65. The molecule has 0 aromatic carbocycles. The Morgan fingerprint density at radius 3 is 2.26 bits per heavy atom. The maximum atomic E-state index is 12.3. The zero-order valence-corrected chi connectivity index (χ0v) is 12.5. The Bertz CT molecular complexity index is 339. The van der Waals surface area contributed by atoms with Crippen LogP contribution < -0.4 is 16.4 Å². The number of hydrogen-bond donors (Lipinski definition) is 3. The average molecular weight is 269 g/mol. The molecule has 0 aliphatic carbocycles. The smallest absolute Gasteiger partial charge is 0.227 e. The van der Waals surface area contributed by atoms with E-state index in [4.69, 9.17) is 10.5 Å². The van der Waals surface area contributed by atoms with Crippen LogP contribution >= 0.6 is 0 Å². The SMILES string of the molecule is CC1(C)CC(NC(=O)C2COCC2N)CC(C)(C)N1. The zero-order valence-electron chi connectivity index (χ0n) is 12.5. The minimum absolute atomic E-state index is 0.0357. The Balaban J connectivity index is 1.96. The van der Waals surface area contributed by atoms with E-state index >= 15 is 0 Å². The van der Waals surface area contributed by atoms with Crippen molar-refractivity contribution in [3.63, 3.8) is 0 Å². The van der Waals surface area contributed by atoms with Crippen molar-refractivity contribution < 1.29 is 9.53 Å². The molecule has 4 N–H and O–H groups in total. The van der Waals surface area contributed by atoms with Crippen LogP contribution in [0.1, 0.15) is 40.5 Å². The van der Waals surface area contributed by atoms with Crippen LogP contribution in [-0.2, 0) is 9.53 Å². The Hall–Kier alpha value is -0.650. The molecule has 2 aliphatic rings. The maximum absolute atomic E-state index is 12.3. The molecule has 2 rings (SSSR count). The first-order chi connectivity index (χ1) is 8.69. The van der Waals surface area contributed by atoms with Crippen LogP contribution in [0.25, 0.3) is 0 Å². The highest BCUT2D eigenvalue weighted by Crippen LogP contribution is 2.28. The van der Waals surface area contributed by atoms with E-state index < -0.39 is 0 Å². The molecular weight excluding hydrogens is 242 g/mol. The monoisotopic (exact) mass is 269 g/mol. The summed E-state index contributed by atoms with van der Waals surface area (Å²) in [5.74, 6) is -0.149. The fraction of sp³-hybridized carbons (Fsp3) is 0.929. The largest absolute Gasteiger partial charge is 0.379 e. The Morgan fingerprint density at radius 1 is 1.21 bits per heavy atom. The summed E-state index contributed by atoms with van der Waals surface area (Å²) < 4.78 is 5.26. The summed E-state index contributed by atoms with van der Waals surface area (Å²) in [5, 5.41) is 6.78. The van der Waals surface area contributed by atoms with Crippen molar-refractivity contribution in [2.24, 2.45) is 11.7 Å². The van der Waals surface area contributed by atoms with Crippen LogP contribution in [0.4, 0.5) is 0 Å². The molecule has 2 heterocycles. The number of nitrogens with one attached hydrogen (secondary N) is 2. The van der Waals surface area contributed by atoms with Gasteiger partial charge in [0.25, 0.3) is 0 Å². The first-order valence-corrected chi connectivity index (χ1v) is 7.12. The van der Waals surface area contributed by atoms with Gasteiger partial charge in [-0.1, -0.05) is 0 Å². The molecule has 2 aliphatic heterocycles.